The molecule has 0 atom stereocenters. The summed E-state index contributed by atoms with van der Waals surface area (Å²) < 4.78 is 11.6. The van der Waals surface area contributed by atoms with E-state index in [0.29, 0.717) is 25.0 Å². The second-order valence-electron chi connectivity index (χ2n) is 5.69. The largest absolute Gasteiger partial charge is 0.494 e. The predicted molar refractivity (Wildman–Crippen MR) is 103 cm³/mol. The second-order valence-corrected chi connectivity index (χ2v) is 6.44. The molecule has 0 fully saturated rings. The normalized spacial score (nSPS) is 10.7. The van der Waals surface area contributed by atoms with Crippen LogP contribution in [-0.2, 0) is 0 Å². The van der Waals surface area contributed by atoms with Gasteiger partial charge < -0.3 is 9.47 Å². The maximum atomic E-state index is 5.86. The zero-order chi connectivity index (χ0) is 17.4. The van der Waals surface area contributed by atoms with Gasteiger partial charge >= 0.3 is 0 Å². The standard InChI is InChI=1S/C20H24Cl2O2/c1-15-8-9-17(23-12-4-10-21)14-19(15)18-6-3-7-20(16(18)2)24-13-5-11-22/h3,6-9,14H,4-5,10-13H2,1-2H3. The second kappa shape index (κ2) is 9.80. The number of halogens is 2. The minimum atomic E-state index is 0.611. The third-order valence-electron chi connectivity index (χ3n) is 3.87. The van der Waals surface area contributed by atoms with E-state index in [1.807, 2.05) is 18.2 Å². The zero-order valence-corrected chi connectivity index (χ0v) is 15.8. The Morgan fingerprint density at radius 3 is 2.25 bits per heavy atom. The maximum absolute atomic E-state index is 5.86. The molecule has 2 aromatic carbocycles. The van der Waals surface area contributed by atoms with Crippen LogP contribution in [0.15, 0.2) is 36.4 Å². The molecule has 0 heterocycles. The van der Waals surface area contributed by atoms with Crippen LogP contribution in [-0.4, -0.2) is 25.0 Å². The van der Waals surface area contributed by atoms with Gasteiger partial charge in [0.15, 0.2) is 0 Å². The average molecular weight is 367 g/mol. The molecule has 0 aliphatic rings. The highest BCUT2D eigenvalue weighted by Gasteiger charge is 2.10. The van der Waals surface area contributed by atoms with Gasteiger partial charge in [0.25, 0.3) is 0 Å². The van der Waals surface area contributed by atoms with Crippen molar-refractivity contribution in [1.82, 2.24) is 0 Å². The third-order valence-corrected chi connectivity index (χ3v) is 4.40. The molecule has 0 unspecified atom stereocenters. The molecule has 0 N–H and O–H groups in total. The summed E-state index contributed by atoms with van der Waals surface area (Å²) in [6, 6.07) is 12.3. The molecule has 0 radical (unpaired) electrons. The average Bonchev–Trinajstić information content (AvgIpc) is 2.58. The van der Waals surface area contributed by atoms with Crippen LogP contribution in [0.5, 0.6) is 11.5 Å². The van der Waals surface area contributed by atoms with Gasteiger partial charge in [0, 0.05) is 11.8 Å². The monoisotopic (exact) mass is 366 g/mol. The Morgan fingerprint density at radius 2 is 1.54 bits per heavy atom. The number of benzene rings is 2. The molecule has 0 saturated heterocycles. The van der Waals surface area contributed by atoms with Crippen molar-refractivity contribution in [3.8, 4) is 22.6 Å². The van der Waals surface area contributed by atoms with Gasteiger partial charge in [-0.25, -0.2) is 0 Å². The van der Waals surface area contributed by atoms with Gasteiger partial charge in [-0.3, -0.25) is 0 Å². The first-order valence-corrected chi connectivity index (χ1v) is 9.32. The molecular weight excluding hydrogens is 343 g/mol. The molecular formula is C20H24Cl2O2. The Balaban J connectivity index is 2.26. The summed E-state index contributed by atoms with van der Waals surface area (Å²) >= 11 is 11.4. The molecule has 0 amide bonds. The first kappa shape index (κ1) is 19.0. The third kappa shape index (κ3) is 5.06. The number of ether oxygens (including phenoxy) is 2. The van der Waals surface area contributed by atoms with Crippen molar-refractivity contribution in [1.29, 1.82) is 0 Å². The van der Waals surface area contributed by atoms with Crippen LogP contribution in [0.1, 0.15) is 24.0 Å². The van der Waals surface area contributed by atoms with Crippen molar-refractivity contribution in [2.45, 2.75) is 26.7 Å². The van der Waals surface area contributed by atoms with E-state index >= 15 is 0 Å². The summed E-state index contributed by atoms with van der Waals surface area (Å²) in [6.45, 7) is 5.46. The van der Waals surface area contributed by atoms with E-state index in [1.54, 1.807) is 0 Å². The van der Waals surface area contributed by atoms with E-state index < -0.39 is 0 Å². The van der Waals surface area contributed by atoms with E-state index in [-0.39, 0.29) is 0 Å². The summed E-state index contributed by atoms with van der Waals surface area (Å²) in [6.07, 6.45) is 1.68. The maximum Gasteiger partial charge on any atom is 0.122 e. The summed E-state index contributed by atoms with van der Waals surface area (Å²) in [7, 11) is 0. The van der Waals surface area contributed by atoms with Crippen molar-refractivity contribution in [3.63, 3.8) is 0 Å². The Morgan fingerprint density at radius 1 is 0.833 bits per heavy atom. The highest BCUT2D eigenvalue weighted by Crippen LogP contribution is 2.34. The smallest absolute Gasteiger partial charge is 0.122 e. The van der Waals surface area contributed by atoms with Crippen LogP contribution >= 0.6 is 23.2 Å². The van der Waals surface area contributed by atoms with E-state index in [4.69, 9.17) is 32.7 Å². The first-order valence-electron chi connectivity index (χ1n) is 8.25. The lowest BCUT2D eigenvalue weighted by Crippen LogP contribution is -2.01. The van der Waals surface area contributed by atoms with Crippen LogP contribution < -0.4 is 9.47 Å². The Hall–Kier alpha value is -1.38. The molecule has 130 valence electrons. The summed E-state index contributed by atoms with van der Waals surface area (Å²) in [5.41, 5.74) is 4.67. The Labute approximate surface area is 154 Å². The van der Waals surface area contributed by atoms with E-state index in [9.17, 15) is 0 Å². The molecule has 0 bridgehead atoms. The topological polar surface area (TPSA) is 18.5 Å². The number of hydrogen-bond donors (Lipinski definition) is 0. The Kier molecular flexibility index (Phi) is 7.74. The summed E-state index contributed by atoms with van der Waals surface area (Å²) in [5.74, 6) is 3.00. The van der Waals surface area contributed by atoms with Crippen molar-refractivity contribution in [2.75, 3.05) is 25.0 Å². The van der Waals surface area contributed by atoms with Crippen LogP contribution in [0, 0.1) is 13.8 Å². The van der Waals surface area contributed by atoms with Gasteiger partial charge in [0.2, 0.25) is 0 Å². The molecule has 0 aliphatic carbocycles. The molecule has 0 aromatic heterocycles. The van der Waals surface area contributed by atoms with E-state index in [2.05, 4.69) is 32.0 Å². The molecule has 24 heavy (non-hydrogen) atoms. The number of rotatable bonds is 9. The lowest BCUT2D eigenvalue weighted by Gasteiger charge is -2.15. The molecule has 0 aliphatic heterocycles. The highest BCUT2D eigenvalue weighted by molar-refractivity contribution is 6.18. The fourth-order valence-corrected chi connectivity index (χ4v) is 2.74. The minimum absolute atomic E-state index is 0.611. The van der Waals surface area contributed by atoms with Gasteiger partial charge in [0.1, 0.15) is 11.5 Å². The van der Waals surface area contributed by atoms with Gasteiger partial charge in [0.05, 0.1) is 13.2 Å². The molecule has 0 spiro atoms. The number of hydrogen-bond acceptors (Lipinski definition) is 2. The molecule has 0 saturated carbocycles. The van der Waals surface area contributed by atoms with Gasteiger partial charge in [-0.15, -0.1) is 23.2 Å². The van der Waals surface area contributed by atoms with E-state index in [1.165, 1.54) is 16.7 Å². The number of alkyl halides is 2. The molecule has 4 heteroatoms. The summed E-state index contributed by atoms with van der Waals surface area (Å²) in [4.78, 5) is 0. The molecule has 2 rings (SSSR count). The van der Waals surface area contributed by atoms with Gasteiger partial charge in [-0.1, -0.05) is 18.2 Å². The van der Waals surface area contributed by atoms with Crippen LogP contribution in [0.4, 0.5) is 0 Å². The van der Waals surface area contributed by atoms with Crippen LogP contribution in [0.2, 0.25) is 0 Å². The lowest BCUT2D eigenvalue weighted by molar-refractivity contribution is 0.316. The van der Waals surface area contributed by atoms with E-state index in [0.717, 1.165) is 29.9 Å². The number of aryl methyl sites for hydroxylation is 1. The van der Waals surface area contributed by atoms with Crippen molar-refractivity contribution in [2.24, 2.45) is 0 Å². The SMILES string of the molecule is Cc1ccc(OCCCCl)cc1-c1cccc(OCCCCl)c1C. The minimum Gasteiger partial charge on any atom is -0.494 e. The first-order chi connectivity index (χ1) is 11.7. The van der Waals surface area contributed by atoms with Crippen molar-refractivity contribution >= 4 is 23.2 Å². The fraction of sp³-hybridized carbons (Fsp3) is 0.400. The highest BCUT2D eigenvalue weighted by atomic mass is 35.5. The fourth-order valence-electron chi connectivity index (χ4n) is 2.52. The molecule has 2 nitrogen and oxygen atoms in total. The van der Waals surface area contributed by atoms with Crippen LogP contribution in [0.3, 0.4) is 0 Å². The van der Waals surface area contributed by atoms with Gasteiger partial charge in [-0.2, -0.15) is 0 Å². The van der Waals surface area contributed by atoms with Crippen LogP contribution in [0.25, 0.3) is 11.1 Å². The van der Waals surface area contributed by atoms with Gasteiger partial charge in [-0.05, 0) is 67.1 Å². The lowest BCUT2D eigenvalue weighted by atomic mass is 9.96. The molecule has 2 aromatic rings. The van der Waals surface area contributed by atoms with Crippen molar-refractivity contribution in [3.05, 3.63) is 47.5 Å². The zero-order valence-electron chi connectivity index (χ0n) is 14.3. The quantitative estimate of drug-likeness (QED) is 0.401. The predicted octanol–water partition coefficient (Wildman–Crippen LogP) is 5.99. The Bertz CT molecular complexity index is 656. The van der Waals surface area contributed by atoms with Crippen molar-refractivity contribution < 1.29 is 9.47 Å². The summed E-state index contributed by atoms with van der Waals surface area (Å²) in [5, 5.41) is 0.